The molecule has 1 aromatic carbocycles. The number of carbonyl (C=O) groups excluding carboxylic acids is 1. The molecule has 3 atom stereocenters. The summed E-state index contributed by atoms with van der Waals surface area (Å²) in [5.41, 5.74) is 6.82. The number of hydrogen-bond acceptors (Lipinski definition) is 3. The largest absolute Gasteiger partial charge is 0.373 e. The number of halogens is 1. The fourth-order valence-corrected chi connectivity index (χ4v) is 4.15. The highest BCUT2D eigenvalue weighted by Gasteiger charge is 2.51. The molecule has 3 N–H and O–H groups in total. The number of piperidine rings is 1. The van der Waals surface area contributed by atoms with E-state index in [4.69, 9.17) is 10.5 Å². The number of hydrogen-bond donors (Lipinski definition) is 2. The van der Waals surface area contributed by atoms with Crippen LogP contribution in [0, 0.1) is 11.8 Å². The monoisotopic (exact) mass is 310 g/mol. The Morgan fingerprint density at radius 1 is 1.33 bits per heavy atom. The van der Waals surface area contributed by atoms with E-state index in [9.17, 15) is 4.79 Å². The lowest BCUT2D eigenvalue weighted by Gasteiger charge is -2.52. The standard InChI is InChI=1S/C16H22N2O2.ClH/c1-20-16(12-5-2-4-11(8-12)15(17)19)13-6-3-7-14(16)10-18-9-13;/h2,4-5,8,13-14,18H,3,6-7,9-10H2,1H3,(H2,17,19);1H/t13-,14+,16-;. The van der Waals surface area contributed by atoms with Gasteiger partial charge in [-0.15, -0.1) is 12.4 Å². The molecule has 21 heavy (non-hydrogen) atoms. The Balaban J connectivity index is 0.00000161. The molecule has 5 heteroatoms. The first-order valence-corrected chi connectivity index (χ1v) is 7.34. The van der Waals surface area contributed by atoms with Gasteiger partial charge in [-0.1, -0.05) is 18.6 Å². The maximum atomic E-state index is 11.4. The molecule has 1 amide bonds. The van der Waals surface area contributed by atoms with Gasteiger partial charge < -0.3 is 15.8 Å². The highest BCUT2D eigenvalue weighted by Crippen LogP contribution is 2.49. The van der Waals surface area contributed by atoms with Crippen molar-refractivity contribution in [1.82, 2.24) is 5.32 Å². The lowest BCUT2D eigenvalue weighted by atomic mass is 9.63. The summed E-state index contributed by atoms with van der Waals surface area (Å²) in [7, 11) is 1.80. The van der Waals surface area contributed by atoms with Crippen LogP contribution in [0.5, 0.6) is 0 Å². The van der Waals surface area contributed by atoms with Crippen LogP contribution in [0.25, 0.3) is 0 Å². The van der Waals surface area contributed by atoms with Gasteiger partial charge in [-0.3, -0.25) is 4.79 Å². The van der Waals surface area contributed by atoms with E-state index in [1.54, 1.807) is 13.2 Å². The minimum atomic E-state index is -0.378. The Hall–Kier alpha value is -1.10. The Labute approximate surface area is 131 Å². The normalized spacial score (nSPS) is 31.3. The third-order valence-electron chi connectivity index (χ3n) is 5.04. The lowest BCUT2D eigenvalue weighted by molar-refractivity contribution is -0.144. The van der Waals surface area contributed by atoms with Crippen molar-refractivity contribution in [2.45, 2.75) is 24.9 Å². The zero-order valence-electron chi connectivity index (χ0n) is 12.3. The lowest BCUT2D eigenvalue weighted by Crippen LogP contribution is -2.57. The third-order valence-corrected chi connectivity index (χ3v) is 5.04. The minimum absolute atomic E-state index is 0. The molecule has 1 heterocycles. The van der Waals surface area contributed by atoms with Crippen LogP contribution in [0.2, 0.25) is 0 Å². The van der Waals surface area contributed by atoms with Gasteiger partial charge in [-0.05, 0) is 30.5 Å². The van der Waals surface area contributed by atoms with Gasteiger partial charge in [0.15, 0.2) is 0 Å². The molecule has 2 aliphatic rings. The van der Waals surface area contributed by atoms with E-state index in [0.717, 1.165) is 31.5 Å². The molecule has 4 nitrogen and oxygen atoms in total. The Morgan fingerprint density at radius 3 is 2.57 bits per heavy atom. The molecule has 2 bridgehead atoms. The molecule has 0 radical (unpaired) electrons. The Kier molecular flexibility index (Phi) is 4.91. The predicted octanol–water partition coefficient (Wildman–Crippen LogP) is 2.07. The van der Waals surface area contributed by atoms with Gasteiger partial charge in [0.25, 0.3) is 0 Å². The van der Waals surface area contributed by atoms with Gasteiger partial charge in [-0.25, -0.2) is 0 Å². The molecule has 1 saturated heterocycles. The molecule has 1 saturated carbocycles. The number of fused-ring (bicyclic) bond motifs is 2. The van der Waals surface area contributed by atoms with Crippen LogP contribution >= 0.6 is 12.4 Å². The molecular formula is C16H23ClN2O2. The van der Waals surface area contributed by atoms with Crippen LogP contribution < -0.4 is 11.1 Å². The van der Waals surface area contributed by atoms with E-state index in [1.165, 1.54) is 6.42 Å². The summed E-state index contributed by atoms with van der Waals surface area (Å²) in [6.07, 6.45) is 3.59. The first-order chi connectivity index (χ1) is 9.68. The zero-order chi connectivity index (χ0) is 14.2. The van der Waals surface area contributed by atoms with Crippen molar-refractivity contribution in [2.75, 3.05) is 20.2 Å². The Morgan fingerprint density at radius 2 is 2.00 bits per heavy atom. The van der Waals surface area contributed by atoms with Crippen LogP contribution in [0.4, 0.5) is 0 Å². The van der Waals surface area contributed by atoms with E-state index in [0.29, 0.717) is 17.4 Å². The van der Waals surface area contributed by atoms with Crippen molar-refractivity contribution in [2.24, 2.45) is 17.6 Å². The summed E-state index contributed by atoms with van der Waals surface area (Å²) in [5.74, 6) is 0.545. The third kappa shape index (κ3) is 2.56. The molecule has 0 spiro atoms. The van der Waals surface area contributed by atoms with Crippen molar-refractivity contribution in [3.05, 3.63) is 35.4 Å². The Bertz CT molecular complexity index is 499. The first-order valence-electron chi connectivity index (χ1n) is 7.34. The predicted molar refractivity (Wildman–Crippen MR) is 84.6 cm³/mol. The number of carbonyl (C=O) groups is 1. The number of nitrogens with one attached hydrogen (secondary N) is 1. The maximum Gasteiger partial charge on any atom is 0.248 e. The van der Waals surface area contributed by atoms with E-state index in [-0.39, 0.29) is 23.9 Å². The number of benzene rings is 1. The second-order valence-electron chi connectivity index (χ2n) is 5.93. The van der Waals surface area contributed by atoms with Crippen molar-refractivity contribution in [1.29, 1.82) is 0 Å². The highest BCUT2D eigenvalue weighted by molar-refractivity contribution is 5.92. The number of rotatable bonds is 3. The number of methoxy groups -OCH3 is 1. The fourth-order valence-electron chi connectivity index (χ4n) is 4.15. The van der Waals surface area contributed by atoms with Crippen LogP contribution in [-0.4, -0.2) is 26.1 Å². The molecule has 2 fully saturated rings. The van der Waals surface area contributed by atoms with Gasteiger partial charge in [0.1, 0.15) is 5.60 Å². The number of nitrogens with two attached hydrogens (primary N) is 1. The van der Waals surface area contributed by atoms with E-state index in [2.05, 4.69) is 11.4 Å². The van der Waals surface area contributed by atoms with Crippen LogP contribution in [0.1, 0.15) is 35.2 Å². The van der Waals surface area contributed by atoms with Gasteiger partial charge in [-0.2, -0.15) is 0 Å². The second kappa shape index (κ2) is 6.34. The fraction of sp³-hybridized carbons (Fsp3) is 0.562. The molecule has 0 unspecified atom stereocenters. The summed E-state index contributed by atoms with van der Waals surface area (Å²) in [6.45, 7) is 1.95. The summed E-state index contributed by atoms with van der Waals surface area (Å²) in [4.78, 5) is 11.4. The van der Waals surface area contributed by atoms with Crippen molar-refractivity contribution in [3.63, 3.8) is 0 Å². The smallest absolute Gasteiger partial charge is 0.248 e. The van der Waals surface area contributed by atoms with Crippen molar-refractivity contribution < 1.29 is 9.53 Å². The minimum Gasteiger partial charge on any atom is -0.373 e. The molecule has 1 aliphatic carbocycles. The average molecular weight is 311 g/mol. The second-order valence-corrected chi connectivity index (χ2v) is 5.93. The molecular weight excluding hydrogens is 288 g/mol. The van der Waals surface area contributed by atoms with Gasteiger partial charge in [0.2, 0.25) is 5.91 Å². The maximum absolute atomic E-state index is 11.4. The zero-order valence-corrected chi connectivity index (χ0v) is 13.1. The number of amides is 1. The first kappa shape index (κ1) is 16.3. The quantitative estimate of drug-likeness (QED) is 0.898. The summed E-state index contributed by atoms with van der Waals surface area (Å²) < 4.78 is 6.07. The van der Waals surface area contributed by atoms with Crippen LogP contribution in [0.15, 0.2) is 24.3 Å². The molecule has 116 valence electrons. The summed E-state index contributed by atoms with van der Waals surface area (Å²) in [5, 5.41) is 3.51. The van der Waals surface area contributed by atoms with Gasteiger partial charge >= 0.3 is 0 Å². The SMILES string of the molecule is CO[C@]1(c2cccc(C(N)=O)c2)[C@@H]2CCC[C@H]1CNC2.Cl. The van der Waals surface area contributed by atoms with Crippen molar-refractivity contribution >= 4 is 18.3 Å². The highest BCUT2D eigenvalue weighted by atomic mass is 35.5. The van der Waals surface area contributed by atoms with E-state index >= 15 is 0 Å². The van der Waals surface area contributed by atoms with Crippen LogP contribution in [0.3, 0.4) is 0 Å². The molecule has 1 aromatic rings. The van der Waals surface area contributed by atoms with E-state index < -0.39 is 0 Å². The van der Waals surface area contributed by atoms with Crippen LogP contribution in [-0.2, 0) is 10.3 Å². The van der Waals surface area contributed by atoms with Crippen molar-refractivity contribution in [3.8, 4) is 0 Å². The topological polar surface area (TPSA) is 64.3 Å². The molecule has 1 aliphatic heterocycles. The number of primary amides is 1. The van der Waals surface area contributed by atoms with E-state index in [1.807, 2.05) is 12.1 Å². The van der Waals surface area contributed by atoms with Gasteiger partial charge in [0.05, 0.1) is 0 Å². The summed E-state index contributed by atoms with van der Waals surface area (Å²) >= 11 is 0. The van der Waals surface area contributed by atoms with Gasteiger partial charge in [0, 0.05) is 37.6 Å². The number of ether oxygens (including phenoxy) is 1. The summed E-state index contributed by atoms with van der Waals surface area (Å²) in [6, 6.07) is 7.68. The molecule has 3 rings (SSSR count). The molecule has 0 aromatic heterocycles. The average Bonchev–Trinajstić information content (AvgIpc) is 2.46.